The van der Waals surface area contributed by atoms with E-state index in [2.05, 4.69) is 5.32 Å². The van der Waals surface area contributed by atoms with Gasteiger partial charge in [0.15, 0.2) is 0 Å². The molecular weight excluding hydrogens is 385 g/mol. The van der Waals surface area contributed by atoms with E-state index in [1.807, 2.05) is 35.1 Å². The Morgan fingerprint density at radius 1 is 1.18 bits per heavy atom. The van der Waals surface area contributed by atoms with E-state index in [4.69, 9.17) is 5.14 Å². The van der Waals surface area contributed by atoms with E-state index in [0.29, 0.717) is 0 Å². The Bertz CT molecular complexity index is 1070. The first-order chi connectivity index (χ1) is 13.2. The van der Waals surface area contributed by atoms with Crippen LogP contribution in [0.4, 0.5) is 15.8 Å². The third-order valence-electron chi connectivity index (χ3n) is 4.14. The monoisotopic (exact) mass is 403 g/mol. The maximum atomic E-state index is 15.1. The minimum atomic E-state index is -4.13. The van der Waals surface area contributed by atoms with Crippen LogP contribution in [0.1, 0.15) is 12.0 Å². The number of benzene rings is 2. The second kappa shape index (κ2) is 7.45. The quantitative estimate of drug-likeness (QED) is 0.453. The number of phenols is 1. The first-order valence-electron chi connectivity index (χ1n) is 8.25. The Labute approximate surface area is 161 Å². The Morgan fingerprint density at radius 2 is 1.89 bits per heavy atom. The minimum absolute atomic E-state index is 0.0946. The molecule has 3 rings (SSSR count). The number of alkyl halides is 1. The van der Waals surface area contributed by atoms with Crippen molar-refractivity contribution in [2.75, 3.05) is 10.0 Å². The summed E-state index contributed by atoms with van der Waals surface area (Å²) in [6.45, 7) is 0. The van der Waals surface area contributed by atoms with Crippen LogP contribution >= 0.6 is 0 Å². The number of hydrogen-bond donors (Lipinski definition) is 4. The highest BCUT2D eigenvalue weighted by Gasteiger charge is 2.36. The van der Waals surface area contributed by atoms with Crippen molar-refractivity contribution < 1.29 is 22.7 Å². The third kappa shape index (κ3) is 4.56. The van der Waals surface area contributed by atoms with Gasteiger partial charge in [0.2, 0.25) is 5.67 Å². The molecule has 0 fully saturated rings. The lowest BCUT2D eigenvalue weighted by atomic mass is 9.90. The average Bonchev–Trinajstić information content (AvgIpc) is 2.64. The number of amides is 1. The molecule has 0 saturated carbocycles. The average molecular weight is 403 g/mol. The molecule has 5 N–H and O–H groups in total. The van der Waals surface area contributed by atoms with Gasteiger partial charge in [-0.25, -0.2) is 9.53 Å². The van der Waals surface area contributed by atoms with E-state index < -0.39 is 27.5 Å². The number of carbonyl (C=O) groups is 1. The summed E-state index contributed by atoms with van der Waals surface area (Å²) in [6.07, 6.45) is 4.22. The van der Waals surface area contributed by atoms with Crippen molar-refractivity contribution in [1.82, 2.24) is 0 Å². The maximum Gasteiger partial charge on any atom is 0.296 e. The van der Waals surface area contributed by atoms with Crippen LogP contribution in [0, 0.1) is 0 Å². The van der Waals surface area contributed by atoms with Gasteiger partial charge in [-0.3, -0.25) is 9.52 Å². The second-order valence-electron chi connectivity index (χ2n) is 6.26. The van der Waals surface area contributed by atoms with Crippen molar-refractivity contribution in [2.45, 2.75) is 12.1 Å². The molecule has 1 atom stereocenters. The zero-order chi connectivity index (χ0) is 20.4. The number of hydrogen-bond acceptors (Lipinski definition) is 4. The van der Waals surface area contributed by atoms with Gasteiger partial charge in [0.05, 0.1) is 5.69 Å². The van der Waals surface area contributed by atoms with Crippen molar-refractivity contribution in [1.29, 1.82) is 0 Å². The topological polar surface area (TPSA) is 122 Å². The van der Waals surface area contributed by atoms with Crippen LogP contribution in [0.2, 0.25) is 0 Å². The second-order valence-corrected chi connectivity index (χ2v) is 7.55. The summed E-state index contributed by atoms with van der Waals surface area (Å²) in [7, 11) is -4.13. The summed E-state index contributed by atoms with van der Waals surface area (Å²) < 4.78 is 39.2. The standard InChI is InChI=1S/C19H18FN3O4S/c20-19(10-8-14(9-11-19)13-4-2-1-3-5-13)18(25)22-15-6-7-17(24)16(12-15)23-28(21,26)27/h1-10,12,23-24H,11H2,(H,22,25)(H2,21,26,27). The molecule has 2 aromatic rings. The Balaban J connectivity index is 1.74. The van der Waals surface area contributed by atoms with Gasteiger partial charge in [-0.15, -0.1) is 0 Å². The van der Waals surface area contributed by atoms with Gasteiger partial charge in [-0.1, -0.05) is 42.5 Å². The smallest absolute Gasteiger partial charge is 0.296 e. The number of anilines is 2. The number of nitrogens with two attached hydrogens (primary N) is 1. The highest BCUT2D eigenvalue weighted by molar-refractivity contribution is 7.90. The first-order valence-corrected chi connectivity index (χ1v) is 9.80. The molecule has 0 heterocycles. The van der Waals surface area contributed by atoms with Gasteiger partial charge in [-0.05, 0) is 35.4 Å². The fraction of sp³-hybridized carbons (Fsp3) is 0.105. The summed E-state index contributed by atoms with van der Waals surface area (Å²) in [4.78, 5) is 12.4. The van der Waals surface area contributed by atoms with Gasteiger partial charge in [-0.2, -0.15) is 8.42 Å². The fourth-order valence-corrected chi connectivity index (χ4v) is 3.18. The number of nitrogens with one attached hydrogen (secondary N) is 2. The lowest BCUT2D eigenvalue weighted by Gasteiger charge is -2.23. The van der Waals surface area contributed by atoms with Crippen LogP contribution in [0.25, 0.3) is 5.57 Å². The normalized spacial score (nSPS) is 19.0. The van der Waals surface area contributed by atoms with Crippen molar-refractivity contribution in [3.63, 3.8) is 0 Å². The van der Waals surface area contributed by atoms with Crippen molar-refractivity contribution in [3.8, 4) is 5.75 Å². The third-order valence-corrected chi connectivity index (χ3v) is 4.64. The molecule has 0 aliphatic heterocycles. The van der Waals surface area contributed by atoms with E-state index in [9.17, 15) is 18.3 Å². The van der Waals surface area contributed by atoms with Crippen LogP contribution in [-0.4, -0.2) is 25.1 Å². The molecule has 0 spiro atoms. The number of halogens is 1. The predicted octanol–water partition coefficient (Wildman–Crippen LogP) is 2.70. The minimum Gasteiger partial charge on any atom is -0.506 e. The molecule has 0 aromatic heterocycles. The molecular formula is C19H18FN3O4S. The van der Waals surface area contributed by atoms with Crippen LogP contribution in [0.5, 0.6) is 5.75 Å². The molecule has 0 radical (unpaired) electrons. The largest absolute Gasteiger partial charge is 0.506 e. The van der Waals surface area contributed by atoms with E-state index in [0.717, 1.165) is 23.3 Å². The summed E-state index contributed by atoms with van der Waals surface area (Å²) in [5, 5.41) is 16.9. The number of phenolic OH excluding ortho intramolecular Hbond substituents is 1. The molecule has 1 aliphatic rings. The Kier molecular flexibility index (Phi) is 5.21. The van der Waals surface area contributed by atoms with E-state index in [1.54, 1.807) is 12.2 Å². The van der Waals surface area contributed by atoms with Crippen molar-refractivity contribution >= 4 is 33.1 Å². The summed E-state index contributed by atoms with van der Waals surface area (Å²) >= 11 is 0. The van der Waals surface area contributed by atoms with Crippen molar-refractivity contribution in [3.05, 3.63) is 72.3 Å². The zero-order valence-corrected chi connectivity index (χ0v) is 15.4. The molecule has 7 nitrogen and oxygen atoms in total. The first kappa shape index (κ1) is 19.6. The molecule has 1 amide bonds. The van der Waals surface area contributed by atoms with Gasteiger partial charge in [0.1, 0.15) is 5.75 Å². The highest BCUT2D eigenvalue weighted by atomic mass is 32.2. The molecule has 2 aromatic carbocycles. The van der Waals surface area contributed by atoms with Crippen molar-refractivity contribution in [2.24, 2.45) is 5.14 Å². The SMILES string of the molecule is NS(=O)(=O)Nc1cc(NC(=O)C2(F)C=CC(c3ccccc3)=CC2)ccc1O. The highest BCUT2D eigenvalue weighted by Crippen LogP contribution is 2.32. The maximum absolute atomic E-state index is 15.1. The summed E-state index contributed by atoms with van der Waals surface area (Å²) in [6, 6.07) is 13.0. The molecule has 0 saturated heterocycles. The lowest BCUT2D eigenvalue weighted by molar-refractivity contribution is -0.124. The molecule has 146 valence electrons. The number of allylic oxidation sites excluding steroid dienone is 3. The molecule has 0 bridgehead atoms. The molecule has 1 unspecified atom stereocenters. The molecule has 9 heteroatoms. The fourth-order valence-electron chi connectivity index (χ4n) is 2.71. The Hall–Kier alpha value is -3.17. The van der Waals surface area contributed by atoms with Gasteiger partial charge < -0.3 is 10.4 Å². The van der Waals surface area contributed by atoms with Gasteiger partial charge in [0.25, 0.3) is 16.1 Å². The number of aromatic hydroxyl groups is 1. The number of carbonyl (C=O) groups excluding carboxylic acids is 1. The van der Waals surface area contributed by atoms with E-state index >= 15 is 4.39 Å². The van der Waals surface area contributed by atoms with E-state index in [1.165, 1.54) is 12.1 Å². The van der Waals surface area contributed by atoms with Gasteiger partial charge >= 0.3 is 0 Å². The lowest BCUT2D eigenvalue weighted by Crippen LogP contribution is -2.37. The molecule has 28 heavy (non-hydrogen) atoms. The summed E-state index contributed by atoms with van der Waals surface area (Å²) in [5.74, 6) is -1.31. The van der Waals surface area contributed by atoms with E-state index in [-0.39, 0.29) is 17.8 Å². The van der Waals surface area contributed by atoms with Gasteiger partial charge in [0, 0.05) is 12.1 Å². The summed E-state index contributed by atoms with van der Waals surface area (Å²) in [5.41, 5.74) is -0.677. The van der Waals surface area contributed by atoms with Crippen LogP contribution in [0.3, 0.4) is 0 Å². The Morgan fingerprint density at radius 3 is 2.50 bits per heavy atom. The van der Waals surface area contributed by atoms with Crippen LogP contribution in [0.15, 0.2) is 66.8 Å². The predicted molar refractivity (Wildman–Crippen MR) is 105 cm³/mol. The number of rotatable bonds is 5. The van der Waals surface area contributed by atoms with Crippen LogP contribution < -0.4 is 15.2 Å². The van der Waals surface area contributed by atoms with Crippen LogP contribution in [-0.2, 0) is 15.0 Å². The molecule has 1 aliphatic carbocycles. The zero-order valence-electron chi connectivity index (χ0n) is 14.6.